The second kappa shape index (κ2) is 6.75. The van der Waals surface area contributed by atoms with Gasteiger partial charge in [0, 0.05) is 39.6 Å². The van der Waals surface area contributed by atoms with Crippen molar-refractivity contribution in [1.82, 2.24) is 5.32 Å². The van der Waals surface area contributed by atoms with Crippen LogP contribution < -0.4 is 15.1 Å². The average molecular weight is 275 g/mol. The maximum Gasteiger partial charge on any atom is 0.223 e. The van der Waals surface area contributed by atoms with Crippen LogP contribution in [0.3, 0.4) is 0 Å². The standard InChI is InChI=1S/C16H25N3O/c1-13(2)12-19(14(3)20)16-7-5-4-6-15(16)18-10-8-17-9-11-18/h4-7,13,17H,8-12H2,1-3H3. The lowest BCUT2D eigenvalue weighted by molar-refractivity contribution is -0.116. The quantitative estimate of drug-likeness (QED) is 0.914. The Morgan fingerprint density at radius 1 is 1.30 bits per heavy atom. The minimum Gasteiger partial charge on any atom is -0.367 e. The fraction of sp³-hybridized carbons (Fsp3) is 0.562. The molecule has 0 spiro atoms. The molecule has 1 aromatic carbocycles. The van der Waals surface area contributed by atoms with Crippen molar-refractivity contribution in [2.45, 2.75) is 20.8 Å². The number of benzene rings is 1. The van der Waals surface area contributed by atoms with E-state index in [0.717, 1.165) is 38.4 Å². The Morgan fingerprint density at radius 2 is 1.95 bits per heavy atom. The van der Waals surface area contributed by atoms with E-state index in [1.807, 2.05) is 11.0 Å². The second-order valence-electron chi connectivity index (χ2n) is 5.75. The van der Waals surface area contributed by atoms with E-state index in [1.165, 1.54) is 5.69 Å². The van der Waals surface area contributed by atoms with Gasteiger partial charge in [-0.2, -0.15) is 0 Å². The Hall–Kier alpha value is -1.55. The molecule has 4 heteroatoms. The minimum atomic E-state index is 0.112. The number of rotatable bonds is 4. The van der Waals surface area contributed by atoms with E-state index >= 15 is 0 Å². The molecule has 1 fully saturated rings. The van der Waals surface area contributed by atoms with Crippen LogP contribution in [0.5, 0.6) is 0 Å². The SMILES string of the molecule is CC(=O)N(CC(C)C)c1ccccc1N1CCNCC1. The zero-order valence-electron chi connectivity index (χ0n) is 12.7. The summed E-state index contributed by atoms with van der Waals surface area (Å²) >= 11 is 0. The number of carbonyl (C=O) groups excluding carboxylic acids is 1. The van der Waals surface area contributed by atoms with E-state index in [0.29, 0.717) is 5.92 Å². The van der Waals surface area contributed by atoms with E-state index < -0.39 is 0 Å². The highest BCUT2D eigenvalue weighted by Gasteiger charge is 2.20. The molecule has 1 aromatic rings. The zero-order valence-corrected chi connectivity index (χ0v) is 12.7. The second-order valence-corrected chi connectivity index (χ2v) is 5.75. The molecule has 0 aliphatic carbocycles. The lowest BCUT2D eigenvalue weighted by atomic mass is 10.1. The predicted molar refractivity (Wildman–Crippen MR) is 84.4 cm³/mol. The van der Waals surface area contributed by atoms with Crippen LogP contribution in [-0.2, 0) is 4.79 Å². The molecule has 0 atom stereocenters. The number of nitrogens with zero attached hydrogens (tertiary/aromatic N) is 2. The van der Waals surface area contributed by atoms with Crippen molar-refractivity contribution in [3.8, 4) is 0 Å². The number of nitrogens with one attached hydrogen (secondary N) is 1. The van der Waals surface area contributed by atoms with Gasteiger partial charge in [0.25, 0.3) is 0 Å². The largest absolute Gasteiger partial charge is 0.367 e. The van der Waals surface area contributed by atoms with Gasteiger partial charge in [0.2, 0.25) is 5.91 Å². The van der Waals surface area contributed by atoms with E-state index in [1.54, 1.807) is 6.92 Å². The Bertz CT molecular complexity index is 453. The van der Waals surface area contributed by atoms with E-state index in [9.17, 15) is 4.79 Å². The van der Waals surface area contributed by atoms with Gasteiger partial charge >= 0.3 is 0 Å². The molecule has 20 heavy (non-hydrogen) atoms. The number of carbonyl (C=O) groups is 1. The van der Waals surface area contributed by atoms with E-state index in [2.05, 4.69) is 42.3 Å². The van der Waals surface area contributed by atoms with E-state index in [4.69, 9.17) is 0 Å². The number of hydrogen-bond donors (Lipinski definition) is 1. The molecule has 0 bridgehead atoms. The maximum atomic E-state index is 12.0. The summed E-state index contributed by atoms with van der Waals surface area (Å²) in [5, 5.41) is 3.37. The van der Waals surface area contributed by atoms with Crippen LogP contribution in [-0.4, -0.2) is 38.6 Å². The molecule has 1 heterocycles. The van der Waals surface area contributed by atoms with Gasteiger partial charge in [-0.05, 0) is 18.1 Å². The van der Waals surface area contributed by atoms with Crippen molar-refractivity contribution in [3.05, 3.63) is 24.3 Å². The third-order valence-corrected chi connectivity index (χ3v) is 3.56. The number of piperazine rings is 1. The van der Waals surface area contributed by atoms with Gasteiger partial charge in [-0.1, -0.05) is 26.0 Å². The van der Waals surface area contributed by atoms with Crippen molar-refractivity contribution in [3.63, 3.8) is 0 Å². The monoisotopic (exact) mass is 275 g/mol. The third-order valence-electron chi connectivity index (χ3n) is 3.56. The van der Waals surface area contributed by atoms with Crippen LogP contribution in [0.25, 0.3) is 0 Å². The summed E-state index contributed by atoms with van der Waals surface area (Å²) in [6.45, 7) is 10.7. The van der Waals surface area contributed by atoms with Crippen molar-refractivity contribution in [2.24, 2.45) is 5.92 Å². The molecule has 110 valence electrons. The number of anilines is 2. The van der Waals surface area contributed by atoms with Gasteiger partial charge in [0.05, 0.1) is 11.4 Å². The highest BCUT2D eigenvalue weighted by molar-refractivity contribution is 5.95. The maximum absolute atomic E-state index is 12.0. The molecule has 0 aromatic heterocycles. The first-order valence-electron chi connectivity index (χ1n) is 7.42. The molecule has 0 radical (unpaired) electrons. The van der Waals surface area contributed by atoms with Gasteiger partial charge < -0.3 is 15.1 Å². The van der Waals surface area contributed by atoms with E-state index in [-0.39, 0.29) is 5.91 Å². The zero-order chi connectivity index (χ0) is 14.5. The number of para-hydroxylation sites is 2. The van der Waals surface area contributed by atoms with Crippen molar-refractivity contribution >= 4 is 17.3 Å². The Morgan fingerprint density at radius 3 is 2.55 bits per heavy atom. The van der Waals surface area contributed by atoms with Gasteiger partial charge in [-0.15, -0.1) is 0 Å². The fourth-order valence-electron chi connectivity index (χ4n) is 2.63. The van der Waals surface area contributed by atoms with Crippen molar-refractivity contribution in [1.29, 1.82) is 0 Å². The minimum absolute atomic E-state index is 0.112. The molecule has 1 aliphatic heterocycles. The lowest BCUT2D eigenvalue weighted by Crippen LogP contribution is -2.44. The molecular formula is C16H25N3O. The Kier molecular flexibility index (Phi) is 5.01. The highest BCUT2D eigenvalue weighted by Crippen LogP contribution is 2.30. The lowest BCUT2D eigenvalue weighted by Gasteiger charge is -2.34. The Labute approximate surface area is 121 Å². The van der Waals surface area contributed by atoms with Gasteiger partial charge in [-0.25, -0.2) is 0 Å². The molecule has 0 unspecified atom stereocenters. The molecule has 1 saturated heterocycles. The van der Waals surface area contributed by atoms with Gasteiger partial charge in [0.15, 0.2) is 0 Å². The van der Waals surface area contributed by atoms with Crippen LogP contribution in [0.15, 0.2) is 24.3 Å². The van der Waals surface area contributed by atoms with Crippen molar-refractivity contribution < 1.29 is 4.79 Å². The average Bonchev–Trinajstić information content (AvgIpc) is 2.45. The molecule has 1 N–H and O–H groups in total. The smallest absolute Gasteiger partial charge is 0.223 e. The highest BCUT2D eigenvalue weighted by atomic mass is 16.2. The first-order valence-corrected chi connectivity index (χ1v) is 7.42. The Balaban J connectivity index is 2.31. The topological polar surface area (TPSA) is 35.6 Å². The first kappa shape index (κ1) is 14.9. The summed E-state index contributed by atoms with van der Waals surface area (Å²) in [5.41, 5.74) is 2.21. The summed E-state index contributed by atoms with van der Waals surface area (Å²) in [7, 11) is 0. The summed E-state index contributed by atoms with van der Waals surface area (Å²) in [5.74, 6) is 0.566. The normalized spacial score (nSPS) is 15.5. The van der Waals surface area contributed by atoms with Gasteiger partial charge in [-0.3, -0.25) is 4.79 Å². The number of amides is 1. The third kappa shape index (κ3) is 3.51. The molecule has 1 aliphatic rings. The first-order chi connectivity index (χ1) is 9.59. The molecule has 4 nitrogen and oxygen atoms in total. The summed E-state index contributed by atoms with van der Waals surface area (Å²) in [6.07, 6.45) is 0. The van der Waals surface area contributed by atoms with Crippen molar-refractivity contribution in [2.75, 3.05) is 42.5 Å². The predicted octanol–water partition coefficient (Wildman–Crippen LogP) is 2.11. The van der Waals surface area contributed by atoms with Crippen LogP contribution in [0.2, 0.25) is 0 Å². The fourth-order valence-corrected chi connectivity index (χ4v) is 2.63. The van der Waals surface area contributed by atoms with Crippen LogP contribution in [0, 0.1) is 5.92 Å². The summed E-state index contributed by atoms with van der Waals surface area (Å²) in [4.78, 5) is 16.3. The number of hydrogen-bond acceptors (Lipinski definition) is 3. The van der Waals surface area contributed by atoms with Crippen LogP contribution in [0.4, 0.5) is 11.4 Å². The summed E-state index contributed by atoms with van der Waals surface area (Å²) < 4.78 is 0. The summed E-state index contributed by atoms with van der Waals surface area (Å²) in [6, 6.07) is 8.24. The molecule has 0 saturated carbocycles. The van der Waals surface area contributed by atoms with Crippen LogP contribution in [0.1, 0.15) is 20.8 Å². The molecular weight excluding hydrogens is 250 g/mol. The van der Waals surface area contributed by atoms with Crippen LogP contribution >= 0.6 is 0 Å². The van der Waals surface area contributed by atoms with Gasteiger partial charge in [0.1, 0.15) is 0 Å². The molecule has 1 amide bonds. The molecule has 2 rings (SSSR count).